The van der Waals surface area contributed by atoms with Gasteiger partial charge in [0.25, 0.3) is 0 Å². The smallest absolute Gasteiger partial charge is 0.0704 e. The van der Waals surface area contributed by atoms with Crippen LogP contribution in [0.3, 0.4) is 0 Å². The standard InChI is InChI=1S/C12H28N2O2/c1-5-11(13)9-15-6-7-16-10(2)8-12(3,4)14/h10-11H,5-9,13-14H2,1-4H3. The van der Waals surface area contributed by atoms with Gasteiger partial charge >= 0.3 is 0 Å². The lowest BCUT2D eigenvalue weighted by molar-refractivity contribution is 0.0000141. The molecule has 98 valence electrons. The van der Waals surface area contributed by atoms with Gasteiger partial charge in [0.1, 0.15) is 0 Å². The Morgan fingerprint density at radius 2 is 1.88 bits per heavy atom. The molecule has 0 aromatic heterocycles. The van der Waals surface area contributed by atoms with Crippen molar-refractivity contribution in [3.63, 3.8) is 0 Å². The summed E-state index contributed by atoms with van der Waals surface area (Å²) in [5.41, 5.74) is 11.4. The number of hydrogen-bond acceptors (Lipinski definition) is 4. The van der Waals surface area contributed by atoms with Crippen LogP contribution < -0.4 is 11.5 Å². The van der Waals surface area contributed by atoms with Gasteiger partial charge in [-0.25, -0.2) is 0 Å². The van der Waals surface area contributed by atoms with Gasteiger partial charge in [-0.3, -0.25) is 0 Å². The predicted octanol–water partition coefficient (Wildman–Crippen LogP) is 1.27. The first-order chi connectivity index (χ1) is 7.35. The highest BCUT2D eigenvalue weighted by molar-refractivity contribution is 4.74. The number of rotatable bonds is 9. The van der Waals surface area contributed by atoms with Crippen molar-refractivity contribution in [1.29, 1.82) is 0 Å². The lowest BCUT2D eigenvalue weighted by Gasteiger charge is -2.23. The van der Waals surface area contributed by atoms with Crippen LogP contribution in [-0.2, 0) is 9.47 Å². The molecule has 0 fully saturated rings. The Morgan fingerprint density at radius 1 is 1.25 bits per heavy atom. The molecule has 0 aromatic rings. The first kappa shape index (κ1) is 15.8. The van der Waals surface area contributed by atoms with Crippen molar-refractivity contribution in [2.75, 3.05) is 19.8 Å². The van der Waals surface area contributed by atoms with Crippen molar-refractivity contribution >= 4 is 0 Å². The molecule has 0 saturated carbocycles. The van der Waals surface area contributed by atoms with Gasteiger partial charge < -0.3 is 20.9 Å². The maximum atomic E-state index is 5.90. The topological polar surface area (TPSA) is 70.5 Å². The Balaban J connectivity index is 3.38. The lowest BCUT2D eigenvalue weighted by atomic mass is 9.99. The molecule has 0 amide bonds. The number of nitrogens with two attached hydrogens (primary N) is 2. The lowest BCUT2D eigenvalue weighted by Crippen LogP contribution is -2.36. The maximum absolute atomic E-state index is 5.90. The molecule has 0 aromatic carbocycles. The van der Waals surface area contributed by atoms with Crippen molar-refractivity contribution in [1.82, 2.24) is 0 Å². The van der Waals surface area contributed by atoms with Crippen molar-refractivity contribution in [3.8, 4) is 0 Å². The second-order valence-corrected chi connectivity index (χ2v) is 5.12. The molecule has 2 unspecified atom stereocenters. The summed E-state index contributed by atoms with van der Waals surface area (Å²) in [7, 11) is 0. The average Bonchev–Trinajstić information content (AvgIpc) is 2.14. The normalized spacial score (nSPS) is 16.1. The zero-order valence-electron chi connectivity index (χ0n) is 11.2. The zero-order chi connectivity index (χ0) is 12.6. The van der Waals surface area contributed by atoms with Crippen LogP contribution in [0.1, 0.15) is 40.5 Å². The summed E-state index contributed by atoms with van der Waals surface area (Å²) in [6, 6.07) is 0.139. The molecule has 0 spiro atoms. The first-order valence-electron chi connectivity index (χ1n) is 6.09. The van der Waals surface area contributed by atoms with Crippen LogP contribution in [0, 0.1) is 0 Å². The highest BCUT2D eigenvalue weighted by Gasteiger charge is 2.15. The van der Waals surface area contributed by atoms with E-state index >= 15 is 0 Å². The number of ether oxygens (including phenoxy) is 2. The van der Waals surface area contributed by atoms with E-state index in [1.807, 2.05) is 20.8 Å². The summed E-state index contributed by atoms with van der Waals surface area (Å²) in [4.78, 5) is 0. The quantitative estimate of drug-likeness (QED) is 0.587. The molecule has 0 aliphatic rings. The molecule has 4 nitrogen and oxygen atoms in total. The van der Waals surface area contributed by atoms with Crippen molar-refractivity contribution in [2.45, 2.75) is 58.2 Å². The van der Waals surface area contributed by atoms with E-state index in [9.17, 15) is 0 Å². The van der Waals surface area contributed by atoms with Gasteiger partial charge in [-0.15, -0.1) is 0 Å². The fraction of sp³-hybridized carbons (Fsp3) is 1.00. The van der Waals surface area contributed by atoms with Crippen molar-refractivity contribution in [3.05, 3.63) is 0 Å². The molecular formula is C12H28N2O2. The van der Waals surface area contributed by atoms with Gasteiger partial charge in [0.15, 0.2) is 0 Å². The fourth-order valence-electron chi connectivity index (χ4n) is 1.46. The third-order valence-electron chi connectivity index (χ3n) is 2.30. The van der Waals surface area contributed by atoms with Gasteiger partial charge in [-0.1, -0.05) is 6.92 Å². The molecule has 0 aliphatic carbocycles. The zero-order valence-corrected chi connectivity index (χ0v) is 11.2. The third kappa shape index (κ3) is 10.4. The Hall–Kier alpha value is -0.160. The Bertz CT molecular complexity index is 169. The number of hydrogen-bond donors (Lipinski definition) is 2. The monoisotopic (exact) mass is 232 g/mol. The average molecular weight is 232 g/mol. The molecule has 4 N–H and O–H groups in total. The molecule has 0 saturated heterocycles. The molecule has 2 atom stereocenters. The van der Waals surface area contributed by atoms with Crippen LogP contribution >= 0.6 is 0 Å². The summed E-state index contributed by atoms with van der Waals surface area (Å²) in [6.07, 6.45) is 1.96. The van der Waals surface area contributed by atoms with Crippen LogP contribution in [0.4, 0.5) is 0 Å². The van der Waals surface area contributed by atoms with Gasteiger partial charge in [0, 0.05) is 11.6 Å². The van der Waals surface area contributed by atoms with Crippen molar-refractivity contribution in [2.24, 2.45) is 11.5 Å². The van der Waals surface area contributed by atoms with Gasteiger partial charge in [0.2, 0.25) is 0 Å². The summed E-state index contributed by atoms with van der Waals surface area (Å²) >= 11 is 0. The summed E-state index contributed by atoms with van der Waals surface area (Å²) in [6.45, 7) is 9.91. The van der Waals surface area contributed by atoms with E-state index < -0.39 is 0 Å². The molecule has 4 heteroatoms. The maximum Gasteiger partial charge on any atom is 0.0704 e. The van der Waals surface area contributed by atoms with E-state index in [2.05, 4.69) is 6.92 Å². The minimum atomic E-state index is -0.176. The molecule has 0 bridgehead atoms. The Kier molecular flexibility index (Phi) is 7.93. The van der Waals surface area contributed by atoms with Crippen LogP contribution in [-0.4, -0.2) is 37.5 Å². The SMILES string of the molecule is CCC(N)COCCOC(C)CC(C)(C)N. The van der Waals surface area contributed by atoms with Crippen LogP contribution in [0.25, 0.3) is 0 Å². The Labute approximate surface area is 99.7 Å². The summed E-state index contributed by atoms with van der Waals surface area (Å²) in [5, 5.41) is 0. The van der Waals surface area contributed by atoms with E-state index in [0.29, 0.717) is 19.8 Å². The highest BCUT2D eigenvalue weighted by atomic mass is 16.5. The predicted molar refractivity (Wildman–Crippen MR) is 67.4 cm³/mol. The molecule has 0 radical (unpaired) electrons. The van der Waals surface area contributed by atoms with Gasteiger partial charge in [0.05, 0.1) is 25.9 Å². The molecule has 0 aliphatic heterocycles. The van der Waals surface area contributed by atoms with Crippen LogP contribution in [0.15, 0.2) is 0 Å². The fourth-order valence-corrected chi connectivity index (χ4v) is 1.46. The Morgan fingerprint density at radius 3 is 2.38 bits per heavy atom. The van der Waals surface area contributed by atoms with Crippen LogP contribution in [0.5, 0.6) is 0 Å². The molecule has 16 heavy (non-hydrogen) atoms. The molecular weight excluding hydrogens is 204 g/mol. The second kappa shape index (κ2) is 8.01. The van der Waals surface area contributed by atoms with Crippen molar-refractivity contribution < 1.29 is 9.47 Å². The third-order valence-corrected chi connectivity index (χ3v) is 2.30. The minimum absolute atomic E-state index is 0.139. The molecule has 0 heterocycles. The van der Waals surface area contributed by atoms with E-state index in [0.717, 1.165) is 12.8 Å². The summed E-state index contributed by atoms with van der Waals surface area (Å²) < 4.78 is 11.0. The van der Waals surface area contributed by atoms with E-state index in [4.69, 9.17) is 20.9 Å². The van der Waals surface area contributed by atoms with E-state index in [1.54, 1.807) is 0 Å². The van der Waals surface area contributed by atoms with E-state index in [1.165, 1.54) is 0 Å². The first-order valence-corrected chi connectivity index (χ1v) is 6.09. The largest absolute Gasteiger partial charge is 0.377 e. The highest BCUT2D eigenvalue weighted by Crippen LogP contribution is 2.09. The molecule has 0 rings (SSSR count). The summed E-state index contributed by atoms with van der Waals surface area (Å²) in [5.74, 6) is 0. The minimum Gasteiger partial charge on any atom is -0.377 e. The second-order valence-electron chi connectivity index (χ2n) is 5.12. The van der Waals surface area contributed by atoms with Gasteiger partial charge in [-0.05, 0) is 33.6 Å². The van der Waals surface area contributed by atoms with Gasteiger partial charge in [-0.2, -0.15) is 0 Å². The van der Waals surface area contributed by atoms with Crippen LogP contribution in [0.2, 0.25) is 0 Å². The van der Waals surface area contributed by atoms with E-state index in [-0.39, 0.29) is 17.7 Å².